The molecule has 108 valence electrons. The molecule has 8 heteroatoms. The lowest BCUT2D eigenvalue weighted by Crippen LogP contribution is -2.39. The molecule has 3 N–H and O–H groups in total. The topological polar surface area (TPSA) is 98.5 Å². The quantitative estimate of drug-likeness (QED) is 0.843. The predicted molar refractivity (Wildman–Crippen MR) is 73.9 cm³/mol. The second-order valence-electron chi connectivity index (χ2n) is 4.72. The Morgan fingerprint density at radius 3 is 2.53 bits per heavy atom. The molecule has 0 aliphatic rings. The summed E-state index contributed by atoms with van der Waals surface area (Å²) in [5.74, 6) is -0.340. The van der Waals surface area contributed by atoms with Crippen LogP contribution in [-0.2, 0) is 14.8 Å². The molecule has 1 amide bonds. The van der Waals surface area contributed by atoms with Crippen LogP contribution in [0.5, 0.6) is 0 Å². The molecule has 0 radical (unpaired) electrons. The molecule has 0 aromatic carbocycles. The first kappa shape index (κ1) is 16.1. The van der Waals surface area contributed by atoms with Crippen molar-refractivity contribution in [3.05, 3.63) is 15.8 Å². The van der Waals surface area contributed by atoms with Crippen molar-refractivity contribution >= 4 is 27.3 Å². The molecule has 1 heterocycles. The Labute approximate surface area is 117 Å². The number of methoxy groups -OCH3 is 1. The number of rotatable bonds is 5. The Morgan fingerprint density at radius 1 is 1.53 bits per heavy atom. The van der Waals surface area contributed by atoms with Crippen molar-refractivity contribution in [2.45, 2.75) is 31.3 Å². The number of carbonyl (C=O) groups is 1. The Hall–Kier alpha value is -0.960. The number of ether oxygens (including phenoxy) is 1. The molecule has 0 aliphatic carbocycles. The van der Waals surface area contributed by atoms with Crippen LogP contribution in [0.3, 0.4) is 0 Å². The highest BCUT2D eigenvalue weighted by atomic mass is 32.2. The summed E-state index contributed by atoms with van der Waals surface area (Å²) in [6.45, 7) is 5.61. The maximum atomic E-state index is 11.9. The highest BCUT2D eigenvalue weighted by Crippen LogP contribution is 2.24. The number of thiophene rings is 1. The van der Waals surface area contributed by atoms with Crippen LogP contribution in [0.2, 0.25) is 0 Å². The van der Waals surface area contributed by atoms with E-state index in [0.717, 1.165) is 11.3 Å². The zero-order chi connectivity index (χ0) is 14.8. The van der Waals surface area contributed by atoms with Gasteiger partial charge >= 0.3 is 0 Å². The fourth-order valence-electron chi connectivity index (χ4n) is 1.31. The van der Waals surface area contributed by atoms with Crippen molar-refractivity contribution < 1.29 is 17.9 Å². The summed E-state index contributed by atoms with van der Waals surface area (Å²) in [6.07, 6.45) is 0. The molecule has 0 unspecified atom stereocenters. The second kappa shape index (κ2) is 5.58. The van der Waals surface area contributed by atoms with Gasteiger partial charge in [-0.25, -0.2) is 13.6 Å². The van der Waals surface area contributed by atoms with Gasteiger partial charge < -0.3 is 10.1 Å². The molecule has 0 spiro atoms. The van der Waals surface area contributed by atoms with E-state index in [4.69, 9.17) is 9.88 Å². The summed E-state index contributed by atoms with van der Waals surface area (Å²) in [6, 6.07) is 1.30. The number of primary sulfonamides is 1. The van der Waals surface area contributed by atoms with Crippen LogP contribution in [0.15, 0.2) is 11.0 Å². The summed E-state index contributed by atoms with van der Waals surface area (Å²) >= 11 is 1.10. The molecule has 0 saturated carbocycles. The average Bonchev–Trinajstić information content (AvgIpc) is 2.68. The second-order valence-corrected chi connectivity index (χ2v) is 7.51. The van der Waals surface area contributed by atoms with Gasteiger partial charge in [0.2, 0.25) is 10.0 Å². The van der Waals surface area contributed by atoms with Crippen molar-refractivity contribution in [2.24, 2.45) is 5.14 Å². The zero-order valence-electron chi connectivity index (χ0n) is 11.3. The lowest BCUT2D eigenvalue weighted by atomic mass is 10.1. The minimum Gasteiger partial charge on any atom is -0.377 e. The predicted octanol–water partition coefficient (Wildman–Crippen LogP) is 0.859. The molecule has 0 aliphatic heterocycles. The Bertz CT molecular complexity index is 576. The third-order valence-corrected chi connectivity index (χ3v) is 4.85. The van der Waals surface area contributed by atoms with Crippen molar-refractivity contribution in [3.8, 4) is 0 Å². The molecule has 19 heavy (non-hydrogen) atoms. The smallest absolute Gasteiger partial charge is 0.261 e. The molecular formula is C11H18N2O4S2. The summed E-state index contributed by atoms with van der Waals surface area (Å²) < 4.78 is 27.8. The van der Waals surface area contributed by atoms with Gasteiger partial charge in [-0.15, -0.1) is 11.3 Å². The number of aryl methyl sites for hydroxylation is 1. The van der Waals surface area contributed by atoms with Gasteiger partial charge in [-0.3, -0.25) is 4.79 Å². The molecule has 1 aromatic rings. The van der Waals surface area contributed by atoms with Crippen LogP contribution in [0.1, 0.15) is 28.4 Å². The summed E-state index contributed by atoms with van der Waals surface area (Å²) in [7, 11) is -2.23. The van der Waals surface area contributed by atoms with E-state index in [-0.39, 0.29) is 10.8 Å². The van der Waals surface area contributed by atoms with Crippen LogP contribution < -0.4 is 10.5 Å². The molecule has 0 fully saturated rings. The minimum atomic E-state index is -3.79. The number of nitrogens with one attached hydrogen (secondary N) is 1. The standard InChI is InChI=1S/C11H18N2O4S2/c1-7-9(19(12,15)16)5-8(18-7)10(14)13-6-11(2,3)17-4/h5H,6H2,1-4H3,(H,13,14)(H2,12,15,16). The lowest BCUT2D eigenvalue weighted by Gasteiger charge is -2.22. The van der Waals surface area contributed by atoms with Gasteiger partial charge in [0.25, 0.3) is 5.91 Å². The third kappa shape index (κ3) is 4.27. The summed E-state index contributed by atoms with van der Waals surface area (Å²) in [5, 5.41) is 7.76. The molecule has 0 atom stereocenters. The maximum Gasteiger partial charge on any atom is 0.261 e. The molecule has 0 bridgehead atoms. The summed E-state index contributed by atoms with van der Waals surface area (Å²) in [4.78, 5) is 12.7. The lowest BCUT2D eigenvalue weighted by molar-refractivity contribution is 0.0229. The fraction of sp³-hybridized carbons (Fsp3) is 0.545. The van der Waals surface area contributed by atoms with Crippen LogP contribution in [0.25, 0.3) is 0 Å². The van der Waals surface area contributed by atoms with E-state index in [1.165, 1.54) is 6.07 Å². The first-order chi connectivity index (χ1) is 8.57. The van der Waals surface area contributed by atoms with E-state index in [0.29, 0.717) is 16.3 Å². The molecular weight excluding hydrogens is 288 g/mol. The monoisotopic (exact) mass is 306 g/mol. The van der Waals surface area contributed by atoms with Crippen LogP contribution >= 0.6 is 11.3 Å². The largest absolute Gasteiger partial charge is 0.377 e. The number of sulfonamides is 1. The number of hydrogen-bond acceptors (Lipinski definition) is 5. The van der Waals surface area contributed by atoms with Crippen LogP contribution in [0.4, 0.5) is 0 Å². The van der Waals surface area contributed by atoms with Crippen molar-refractivity contribution in [3.63, 3.8) is 0 Å². The molecule has 1 rings (SSSR count). The Balaban J connectivity index is 2.85. The van der Waals surface area contributed by atoms with Crippen LogP contribution in [0, 0.1) is 6.92 Å². The zero-order valence-corrected chi connectivity index (χ0v) is 12.9. The SMILES string of the molecule is COC(C)(C)CNC(=O)c1cc(S(N)(=O)=O)c(C)s1. The highest BCUT2D eigenvalue weighted by Gasteiger charge is 2.21. The van der Waals surface area contributed by atoms with Gasteiger partial charge in [0.1, 0.15) is 0 Å². The number of amides is 1. The first-order valence-electron chi connectivity index (χ1n) is 5.53. The minimum absolute atomic E-state index is 0.00588. The molecule has 6 nitrogen and oxygen atoms in total. The molecule has 1 aromatic heterocycles. The van der Waals surface area contributed by atoms with E-state index in [1.54, 1.807) is 14.0 Å². The first-order valence-corrected chi connectivity index (χ1v) is 7.90. The Morgan fingerprint density at radius 2 is 2.11 bits per heavy atom. The Kier molecular flexibility index (Phi) is 4.72. The van der Waals surface area contributed by atoms with Gasteiger partial charge in [-0.1, -0.05) is 0 Å². The highest BCUT2D eigenvalue weighted by molar-refractivity contribution is 7.89. The third-order valence-electron chi connectivity index (χ3n) is 2.63. The van der Waals surface area contributed by atoms with Gasteiger partial charge in [-0.2, -0.15) is 0 Å². The fourth-order valence-corrected chi connectivity index (χ4v) is 3.37. The van der Waals surface area contributed by atoms with E-state index >= 15 is 0 Å². The van der Waals surface area contributed by atoms with Crippen LogP contribution in [-0.4, -0.2) is 33.6 Å². The van der Waals surface area contributed by atoms with Crippen molar-refractivity contribution in [2.75, 3.05) is 13.7 Å². The number of carbonyl (C=O) groups excluding carboxylic acids is 1. The van der Waals surface area contributed by atoms with Crippen molar-refractivity contribution in [1.29, 1.82) is 0 Å². The normalized spacial score (nSPS) is 12.5. The van der Waals surface area contributed by atoms with E-state index in [2.05, 4.69) is 5.32 Å². The molecule has 0 saturated heterocycles. The van der Waals surface area contributed by atoms with Gasteiger partial charge in [0, 0.05) is 18.5 Å². The average molecular weight is 306 g/mol. The van der Waals surface area contributed by atoms with Gasteiger partial charge in [0.05, 0.1) is 15.4 Å². The van der Waals surface area contributed by atoms with E-state index < -0.39 is 15.6 Å². The van der Waals surface area contributed by atoms with Gasteiger partial charge in [-0.05, 0) is 26.8 Å². The van der Waals surface area contributed by atoms with E-state index in [1.807, 2.05) is 13.8 Å². The van der Waals surface area contributed by atoms with Gasteiger partial charge in [0.15, 0.2) is 0 Å². The number of nitrogens with two attached hydrogens (primary N) is 1. The van der Waals surface area contributed by atoms with Crippen molar-refractivity contribution in [1.82, 2.24) is 5.32 Å². The number of hydrogen-bond donors (Lipinski definition) is 2. The summed E-state index contributed by atoms with van der Waals surface area (Å²) in [5.41, 5.74) is -0.481. The van der Waals surface area contributed by atoms with E-state index in [9.17, 15) is 13.2 Å². The maximum absolute atomic E-state index is 11.9.